The zero-order valence-corrected chi connectivity index (χ0v) is 13.8. The van der Waals surface area contributed by atoms with Crippen molar-refractivity contribution in [2.24, 2.45) is 5.92 Å². The molecule has 0 fully saturated rings. The Hall–Kier alpha value is -2.02. The van der Waals surface area contributed by atoms with Crippen LogP contribution in [0.2, 0.25) is 0 Å². The van der Waals surface area contributed by atoms with Crippen molar-refractivity contribution in [2.45, 2.75) is 27.7 Å². The lowest BCUT2D eigenvalue weighted by molar-refractivity contribution is 0.0660. The summed E-state index contributed by atoms with van der Waals surface area (Å²) in [5.41, 5.74) is 1.76. The first-order valence-electron chi connectivity index (χ1n) is 7.41. The maximum atomic E-state index is 12.7. The second kappa shape index (κ2) is 6.83. The summed E-state index contributed by atoms with van der Waals surface area (Å²) in [6, 6.07) is 1.91. The number of aryl methyl sites for hydroxylation is 2. The van der Waals surface area contributed by atoms with E-state index in [1.807, 2.05) is 19.9 Å². The number of aromatic nitrogens is 4. The molecule has 7 heteroatoms. The van der Waals surface area contributed by atoms with Crippen LogP contribution < -0.4 is 0 Å². The molecule has 0 N–H and O–H groups in total. The van der Waals surface area contributed by atoms with E-state index in [1.165, 1.54) is 0 Å². The molecule has 1 amide bonds. The summed E-state index contributed by atoms with van der Waals surface area (Å²) >= 11 is 0. The Labute approximate surface area is 130 Å². The third kappa shape index (κ3) is 3.59. The molecule has 0 saturated heterocycles. The van der Waals surface area contributed by atoms with Crippen molar-refractivity contribution in [1.29, 1.82) is 0 Å². The van der Waals surface area contributed by atoms with Gasteiger partial charge in [-0.1, -0.05) is 13.8 Å². The van der Waals surface area contributed by atoms with Crippen LogP contribution >= 0.6 is 0 Å². The lowest BCUT2D eigenvalue weighted by atomic mass is 10.2. The van der Waals surface area contributed by atoms with Gasteiger partial charge in [-0.05, 0) is 25.8 Å². The van der Waals surface area contributed by atoms with E-state index in [2.05, 4.69) is 28.9 Å². The van der Waals surface area contributed by atoms with Gasteiger partial charge in [0.05, 0.1) is 6.61 Å². The summed E-state index contributed by atoms with van der Waals surface area (Å²) in [5, 5.41) is 4.30. The first-order chi connectivity index (χ1) is 10.4. The van der Waals surface area contributed by atoms with Gasteiger partial charge in [0.25, 0.3) is 11.7 Å². The lowest BCUT2D eigenvalue weighted by Crippen LogP contribution is -2.37. The number of nitrogens with zero attached hydrogens (tertiary/aromatic N) is 5. The van der Waals surface area contributed by atoms with Crippen LogP contribution in [0.5, 0.6) is 0 Å². The summed E-state index contributed by atoms with van der Waals surface area (Å²) in [6.07, 6.45) is 0. The molecule has 2 aromatic heterocycles. The fourth-order valence-electron chi connectivity index (χ4n) is 2.32. The molecule has 0 radical (unpaired) electrons. The minimum absolute atomic E-state index is 0.179. The van der Waals surface area contributed by atoms with Gasteiger partial charge in [-0.2, -0.15) is 4.98 Å². The largest absolute Gasteiger partial charge is 0.383 e. The first-order valence-corrected chi connectivity index (χ1v) is 7.41. The molecule has 22 heavy (non-hydrogen) atoms. The average Bonchev–Trinajstić information content (AvgIpc) is 2.86. The summed E-state index contributed by atoms with van der Waals surface area (Å²) in [4.78, 5) is 23.0. The fourth-order valence-corrected chi connectivity index (χ4v) is 2.32. The van der Waals surface area contributed by atoms with E-state index in [0.717, 1.165) is 11.4 Å². The SMILES string of the molecule is COCCN(CC(C)C)C(=O)c1nc2nc(C)cc(C)n2n1. The Balaban J connectivity index is 2.31. The molecule has 2 aromatic rings. The van der Waals surface area contributed by atoms with Crippen LogP contribution in [0.15, 0.2) is 6.07 Å². The topological polar surface area (TPSA) is 72.6 Å². The highest BCUT2D eigenvalue weighted by Crippen LogP contribution is 2.09. The number of carbonyl (C=O) groups excluding carboxylic acids is 1. The van der Waals surface area contributed by atoms with Crippen molar-refractivity contribution >= 4 is 11.7 Å². The molecule has 0 unspecified atom stereocenters. The number of carbonyl (C=O) groups is 1. The minimum Gasteiger partial charge on any atom is -0.383 e. The molecule has 0 saturated carbocycles. The standard InChI is InChI=1S/C15H23N5O2/c1-10(2)9-19(6-7-22-5)14(21)13-17-15-16-11(3)8-12(4)20(15)18-13/h8,10H,6-7,9H2,1-5H3. The third-order valence-corrected chi connectivity index (χ3v) is 3.25. The van der Waals surface area contributed by atoms with E-state index < -0.39 is 0 Å². The summed E-state index contributed by atoms with van der Waals surface area (Å²) in [5.74, 6) is 0.809. The van der Waals surface area contributed by atoms with Crippen LogP contribution in [0.25, 0.3) is 5.78 Å². The van der Waals surface area contributed by atoms with Crippen molar-refractivity contribution in [3.05, 3.63) is 23.3 Å². The van der Waals surface area contributed by atoms with E-state index in [4.69, 9.17) is 4.74 Å². The van der Waals surface area contributed by atoms with Gasteiger partial charge in [0.1, 0.15) is 0 Å². The molecule has 0 aliphatic carbocycles. The van der Waals surface area contributed by atoms with Gasteiger partial charge >= 0.3 is 0 Å². The van der Waals surface area contributed by atoms with Gasteiger partial charge in [0.2, 0.25) is 5.82 Å². The smallest absolute Gasteiger partial charge is 0.293 e. The van der Waals surface area contributed by atoms with Crippen LogP contribution in [0.4, 0.5) is 0 Å². The van der Waals surface area contributed by atoms with E-state index in [0.29, 0.717) is 31.4 Å². The second-order valence-corrected chi connectivity index (χ2v) is 5.82. The Morgan fingerprint density at radius 3 is 2.73 bits per heavy atom. The zero-order chi connectivity index (χ0) is 16.3. The van der Waals surface area contributed by atoms with Crippen LogP contribution in [0, 0.1) is 19.8 Å². The Kier molecular flexibility index (Phi) is 5.07. The van der Waals surface area contributed by atoms with Gasteiger partial charge in [-0.25, -0.2) is 9.50 Å². The Bertz CT molecular complexity index is 665. The number of methoxy groups -OCH3 is 1. The van der Waals surface area contributed by atoms with Gasteiger partial charge < -0.3 is 9.64 Å². The molecule has 0 spiro atoms. The van der Waals surface area contributed by atoms with Crippen LogP contribution in [-0.4, -0.2) is 57.2 Å². The highest BCUT2D eigenvalue weighted by atomic mass is 16.5. The van der Waals surface area contributed by atoms with Crippen molar-refractivity contribution < 1.29 is 9.53 Å². The van der Waals surface area contributed by atoms with E-state index in [9.17, 15) is 4.79 Å². The highest BCUT2D eigenvalue weighted by molar-refractivity contribution is 5.90. The van der Waals surface area contributed by atoms with Crippen molar-refractivity contribution in [2.75, 3.05) is 26.8 Å². The predicted molar refractivity (Wildman–Crippen MR) is 82.9 cm³/mol. The van der Waals surface area contributed by atoms with E-state index in [-0.39, 0.29) is 11.7 Å². The predicted octanol–water partition coefficient (Wildman–Crippen LogP) is 1.49. The van der Waals surface area contributed by atoms with Gasteiger partial charge in [-0.3, -0.25) is 4.79 Å². The number of fused-ring (bicyclic) bond motifs is 1. The normalized spacial score (nSPS) is 11.4. The summed E-state index contributed by atoms with van der Waals surface area (Å²) < 4.78 is 6.68. The molecular weight excluding hydrogens is 282 g/mol. The molecule has 0 aromatic carbocycles. The lowest BCUT2D eigenvalue weighted by Gasteiger charge is -2.22. The Morgan fingerprint density at radius 2 is 2.09 bits per heavy atom. The van der Waals surface area contributed by atoms with Gasteiger partial charge in [0, 0.05) is 31.6 Å². The maximum absolute atomic E-state index is 12.7. The second-order valence-electron chi connectivity index (χ2n) is 5.82. The highest BCUT2D eigenvalue weighted by Gasteiger charge is 2.22. The molecule has 0 aliphatic rings. The Morgan fingerprint density at radius 1 is 1.36 bits per heavy atom. The number of hydrogen-bond acceptors (Lipinski definition) is 5. The molecular formula is C15H23N5O2. The first kappa shape index (κ1) is 16.4. The molecule has 120 valence electrons. The number of ether oxygens (including phenoxy) is 1. The monoisotopic (exact) mass is 305 g/mol. The maximum Gasteiger partial charge on any atom is 0.293 e. The number of hydrogen-bond donors (Lipinski definition) is 0. The molecule has 2 heterocycles. The van der Waals surface area contributed by atoms with Crippen LogP contribution in [-0.2, 0) is 4.74 Å². The van der Waals surface area contributed by atoms with Gasteiger partial charge in [-0.15, -0.1) is 5.10 Å². The molecule has 7 nitrogen and oxygen atoms in total. The minimum atomic E-state index is -0.187. The van der Waals surface area contributed by atoms with Gasteiger partial charge in [0.15, 0.2) is 0 Å². The number of rotatable bonds is 6. The number of amides is 1. The quantitative estimate of drug-likeness (QED) is 0.808. The molecule has 0 atom stereocenters. The fraction of sp³-hybridized carbons (Fsp3) is 0.600. The zero-order valence-electron chi connectivity index (χ0n) is 13.8. The van der Waals surface area contributed by atoms with Crippen LogP contribution in [0.3, 0.4) is 0 Å². The van der Waals surface area contributed by atoms with Crippen molar-refractivity contribution in [1.82, 2.24) is 24.5 Å². The van der Waals surface area contributed by atoms with Crippen LogP contribution in [0.1, 0.15) is 35.9 Å². The third-order valence-electron chi connectivity index (χ3n) is 3.25. The molecule has 0 bridgehead atoms. The van der Waals surface area contributed by atoms with E-state index >= 15 is 0 Å². The van der Waals surface area contributed by atoms with Crippen molar-refractivity contribution in [3.8, 4) is 0 Å². The van der Waals surface area contributed by atoms with Crippen molar-refractivity contribution in [3.63, 3.8) is 0 Å². The average molecular weight is 305 g/mol. The van der Waals surface area contributed by atoms with E-state index in [1.54, 1.807) is 16.5 Å². The summed E-state index contributed by atoms with van der Waals surface area (Å²) in [7, 11) is 1.62. The molecule has 2 rings (SSSR count). The summed E-state index contributed by atoms with van der Waals surface area (Å²) in [6.45, 7) is 9.60. The molecule has 0 aliphatic heterocycles.